The summed E-state index contributed by atoms with van der Waals surface area (Å²) in [5.41, 5.74) is 6.60. The second-order valence-corrected chi connectivity index (χ2v) is 9.43. The Kier molecular flexibility index (Phi) is 6.94. The molecule has 0 saturated heterocycles. The minimum absolute atomic E-state index is 0.0203. The maximum Gasteiger partial charge on any atom is 0.259 e. The molecule has 1 heterocycles. The molecule has 4 aromatic rings. The van der Waals surface area contributed by atoms with Gasteiger partial charge >= 0.3 is 0 Å². The Labute approximate surface area is 213 Å². The number of guanidine groups is 1. The fraction of sp³-hybridized carbons (Fsp3) is 0.188. The molecule has 0 aliphatic carbocycles. The summed E-state index contributed by atoms with van der Waals surface area (Å²) in [5, 5.41) is 0. The highest BCUT2D eigenvalue weighted by atomic mass is 16.2. The quantitative estimate of drug-likeness (QED) is 0.315. The number of hydrogen-bond acceptors (Lipinski definition) is 3. The molecule has 1 aliphatic rings. The highest BCUT2D eigenvalue weighted by molar-refractivity contribution is 6.22. The minimum atomic E-state index is -0.461. The number of benzene rings is 4. The number of aliphatic imine (C=N–C) groups is 1. The van der Waals surface area contributed by atoms with E-state index in [1.54, 1.807) is 0 Å². The van der Waals surface area contributed by atoms with Crippen molar-refractivity contribution < 1.29 is 4.79 Å². The number of anilines is 1. The van der Waals surface area contributed by atoms with Crippen molar-refractivity contribution in [2.45, 2.75) is 39.4 Å². The molecule has 4 heteroatoms. The van der Waals surface area contributed by atoms with Gasteiger partial charge in [0.05, 0.1) is 5.69 Å². The summed E-state index contributed by atoms with van der Waals surface area (Å²) in [6.45, 7) is 5.45. The molecule has 1 atom stereocenters. The molecule has 1 amide bonds. The molecule has 4 aromatic carbocycles. The maximum atomic E-state index is 14.0. The molecule has 5 rings (SSSR count). The lowest BCUT2D eigenvalue weighted by atomic mass is 10.1. The number of carbonyl (C=O) groups excluding carboxylic acids is 1. The van der Waals surface area contributed by atoms with Crippen LogP contribution in [0, 0.1) is 13.8 Å². The Balaban J connectivity index is 1.57. The number of carbonyl (C=O) groups is 1. The number of nitrogens with zero attached hydrogens (tertiary/aromatic N) is 3. The van der Waals surface area contributed by atoms with Gasteiger partial charge in [-0.2, -0.15) is 0 Å². The third-order valence-electron chi connectivity index (χ3n) is 6.56. The molecule has 36 heavy (non-hydrogen) atoms. The highest BCUT2D eigenvalue weighted by Gasteiger charge is 2.39. The zero-order valence-electron chi connectivity index (χ0n) is 20.8. The summed E-state index contributed by atoms with van der Waals surface area (Å²) in [7, 11) is 0. The van der Waals surface area contributed by atoms with Crippen LogP contribution in [0.3, 0.4) is 0 Å². The van der Waals surface area contributed by atoms with Gasteiger partial charge in [0.1, 0.15) is 6.04 Å². The predicted octanol–water partition coefficient (Wildman–Crippen LogP) is 6.32. The summed E-state index contributed by atoms with van der Waals surface area (Å²) >= 11 is 0. The zero-order chi connectivity index (χ0) is 24.9. The van der Waals surface area contributed by atoms with Crippen LogP contribution >= 0.6 is 0 Å². The normalized spacial score (nSPS) is 15.2. The molecule has 180 valence electrons. The SMILES string of the molecule is Cc1ccc(N2C(=O)C(Cc3ccccc3)N=C2N(Cc2ccccc2)Cc2ccccc2)c(C)c1. The van der Waals surface area contributed by atoms with E-state index in [1.165, 1.54) is 16.7 Å². The number of rotatable bonds is 7. The van der Waals surface area contributed by atoms with Gasteiger partial charge in [0, 0.05) is 19.5 Å². The lowest BCUT2D eigenvalue weighted by molar-refractivity contribution is -0.118. The van der Waals surface area contributed by atoms with Crippen LogP contribution < -0.4 is 4.90 Å². The molecule has 0 saturated carbocycles. The molecule has 1 unspecified atom stereocenters. The van der Waals surface area contributed by atoms with Crippen molar-refractivity contribution in [2.75, 3.05) is 4.90 Å². The van der Waals surface area contributed by atoms with Crippen LogP contribution in [0.1, 0.15) is 27.8 Å². The van der Waals surface area contributed by atoms with Crippen LogP contribution in [-0.2, 0) is 24.3 Å². The first kappa shape index (κ1) is 23.6. The van der Waals surface area contributed by atoms with E-state index < -0.39 is 6.04 Å². The Hall–Kier alpha value is -4.18. The predicted molar refractivity (Wildman–Crippen MR) is 147 cm³/mol. The molecule has 0 aromatic heterocycles. The molecule has 0 N–H and O–H groups in total. The van der Waals surface area contributed by atoms with Crippen molar-refractivity contribution >= 4 is 17.6 Å². The van der Waals surface area contributed by atoms with Crippen LogP contribution in [0.25, 0.3) is 0 Å². The molecule has 1 aliphatic heterocycles. The minimum Gasteiger partial charge on any atom is -0.334 e. The van der Waals surface area contributed by atoms with E-state index in [0.29, 0.717) is 25.5 Å². The third-order valence-corrected chi connectivity index (χ3v) is 6.56. The van der Waals surface area contributed by atoms with Crippen LogP contribution in [0.5, 0.6) is 0 Å². The lowest BCUT2D eigenvalue weighted by Gasteiger charge is -2.31. The van der Waals surface area contributed by atoms with E-state index >= 15 is 0 Å². The lowest BCUT2D eigenvalue weighted by Crippen LogP contribution is -2.44. The molecular formula is C32H31N3O. The van der Waals surface area contributed by atoms with Gasteiger partial charge in [-0.05, 0) is 42.2 Å². The van der Waals surface area contributed by atoms with Gasteiger partial charge in [0.2, 0.25) is 5.96 Å². The first-order valence-electron chi connectivity index (χ1n) is 12.4. The van der Waals surface area contributed by atoms with Crippen LogP contribution in [0.2, 0.25) is 0 Å². The van der Waals surface area contributed by atoms with Crippen molar-refractivity contribution in [1.29, 1.82) is 0 Å². The third kappa shape index (κ3) is 5.23. The Morgan fingerprint density at radius 1 is 0.722 bits per heavy atom. The Morgan fingerprint density at radius 2 is 1.25 bits per heavy atom. The fourth-order valence-corrected chi connectivity index (χ4v) is 4.78. The molecule has 0 spiro atoms. The number of amides is 1. The first-order chi connectivity index (χ1) is 17.6. The maximum absolute atomic E-state index is 14.0. The number of hydrogen-bond donors (Lipinski definition) is 0. The largest absolute Gasteiger partial charge is 0.334 e. The summed E-state index contributed by atoms with van der Waals surface area (Å²) in [4.78, 5) is 23.1. The van der Waals surface area contributed by atoms with Crippen molar-refractivity contribution in [3.8, 4) is 0 Å². The Morgan fingerprint density at radius 3 is 1.78 bits per heavy atom. The molecule has 0 bridgehead atoms. The van der Waals surface area contributed by atoms with Crippen LogP contribution in [0.4, 0.5) is 5.69 Å². The second-order valence-electron chi connectivity index (χ2n) is 9.43. The first-order valence-corrected chi connectivity index (χ1v) is 12.4. The zero-order valence-corrected chi connectivity index (χ0v) is 20.8. The molecule has 0 radical (unpaired) electrons. The molecular weight excluding hydrogens is 442 g/mol. The molecule has 4 nitrogen and oxygen atoms in total. The smallest absolute Gasteiger partial charge is 0.259 e. The summed E-state index contributed by atoms with van der Waals surface area (Å²) in [6, 6.07) is 36.7. The van der Waals surface area contributed by atoms with Gasteiger partial charge in [-0.3, -0.25) is 4.79 Å². The highest BCUT2D eigenvalue weighted by Crippen LogP contribution is 2.30. The second kappa shape index (κ2) is 10.6. The van der Waals surface area contributed by atoms with Gasteiger partial charge < -0.3 is 4.90 Å². The van der Waals surface area contributed by atoms with E-state index in [0.717, 1.165) is 16.8 Å². The van der Waals surface area contributed by atoms with E-state index in [-0.39, 0.29) is 5.91 Å². The van der Waals surface area contributed by atoms with E-state index in [2.05, 4.69) is 91.5 Å². The van der Waals surface area contributed by atoms with E-state index in [9.17, 15) is 4.79 Å². The van der Waals surface area contributed by atoms with E-state index in [1.807, 2.05) is 41.3 Å². The summed E-state index contributed by atoms with van der Waals surface area (Å²) < 4.78 is 0. The van der Waals surface area contributed by atoms with Gasteiger partial charge in [-0.25, -0.2) is 9.89 Å². The van der Waals surface area contributed by atoms with Crippen molar-refractivity contribution in [2.24, 2.45) is 4.99 Å². The summed E-state index contributed by atoms with van der Waals surface area (Å²) in [5.74, 6) is 0.729. The number of aryl methyl sites for hydroxylation is 2. The standard InChI is InChI=1S/C32H31N3O/c1-24-18-19-30(25(2)20-24)35-31(36)29(21-26-12-6-3-7-13-26)33-32(35)34(22-27-14-8-4-9-15-27)23-28-16-10-5-11-17-28/h3-20,29H,21-23H2,1-2H3. The summed E-state index contributed by atoms with van der Waals surface area (Å²) in [6.07, 6.45) is 0.578. The average molecular weight is 474 g/mol. The van der Waals surface area contributed by atoms with Gasteiger partial charge in [-0.1, -0.05) is 109 Å². The van der Waals surface area contributed by atoms with Gasteiger partial charge in [0.25, 0.3) is 5.91 Å². The van der Waals surface area contributed by atoms with Crippen molar-refractivity contribution in [3.63, 3.8) is 0 Å². The topological polar surface area (TPSA) is 35.9 Å². The fourth-order valence-electron chi connectivity index (χ4n) is 4.78. The average Bonchev–Trinajstić information content (AvgIpc) is 3.21. The van der Waals surface area contributed by atoms with Crippen molar-refractivity contribution in [3.05, 3.63) is 137 Å². The monoisotopic (exact) mass is 473 g/mol. The van der Waals surface area contributed by atoms with E-state index in [4.69, 9.17) is 4.99 Å². The Bertz CT molecular complexity index is 1310. The molecule has 0 fully saturated rings. The van der Waals surface area contributed by atoms with Crippen molar-refractivity contribution in [1.82, 2.24) is 4.90 Å². The van der Waals surface area contributed by atoms with Gasteiger partial charge in [0.15, 0.2) is 0 Å². The van der Waals surface area contributed by atoms with Crippen LogP contribution in [0.15, 0.2) is 114 Å². The van der Waals surface area contributed by atoms with Gasteiger partial charge in [-0.15, -0.1) is 0 Å². The van der Waals surface area contributed by atoms with Crippen LogP contribution in [-0.4, -0.2) is 22.8 Å².